The molecule has 1 aromatic rings. The molecule has 0 saturated carbocycles. The van der Waals surface area contributed by atoms with Gasteiger partial charge in [0, 0.05) is 16.2 Å². The lowest BCUT2D eigenvalue weighted by molar-refractivity contribution is 0.405. The molecule has 0 aliphatic carbocycles. The molecule has 0 unspecified atom stereocenters. The summed E-state index contributed by atoms with van der Waals surface area (Å²) in [5.74, 6) is -0.543. The molecule has 0 atom stereocenters. The zero-order valence-electron chi connectivity index (χ0n) is 9.17. The van der Waals surface area contributed by atoms with Crippen molar-refractivity contribution in [3.8, 4) is 5.75 Å². The molecule has 6 heteroatoms. The van der Waals surface area contributed by atoms with E-state index in [0.717, 1.165) is 0 Å². The van der Waals surface area contributed by atoms with Crippen molar-refractivity contribution >= 4 is 19.7 Å². The van der Waals surface area contributed by atoms with Gasteiger partial charge in [-0.25, -0.2) is 12.8 Å². The van der Waals surface area contributed by atoms with E-state index in [1.807, 2.05) is 0 Å². The van der Waals surface area contributed by atoms with Crippen LogP contribution in [-0.2, 0) is 14.8 Å². The van der Waals surface area contributed by atoms with Gasteiger partial charge in [-0.05, 0) is 31.0 Å². The van der Waals surface area contributed by atoms with Crippen molar-refractivity contribution < 1.29 is 17.5 Å². The Bertz CT molecular complexity index is 511. The van der Waals surface area contributed by atoms with Crippen LogP contribution in [0, 0.1) is 19.7 Å². The molecule has 0 aromatic heterocycles. The fraction of sp³-hybridized carbons (Fsp3) is 0.400. The number of methoxy groups -OCH3 is 1. The molecule has 0 radical (unpaired) electrons. The Morgan fingerprint density at radius 1 is 1.44 bits per heavy atom. The lowest BCUT2D eigenvalue weighted by Gasteiger charge is -2.13. The van der Waals surface area contributed by atoms with Gasteiger partial charge in [0.15, 0.2) is 0 Å². The predicted molar refractivity (Wildman–Crippen MR) is 60.9 cm³/mol. The average Bonchev–Trinajstić information content (AvgIpc) is 2.12. The summed E-state index contributed by atoms with van der Waals surface area (Å²) in [5.41, 5.74) is 1.06. The lowest BCUT2D eigenvalue weighted by atomic mass is 10.0. The van der Waals surface area contributed by atoms with Gasteiger partial charge in [-0.2, -0.15) is 0 Å². The molecule has 90 valence electrons. The van der Waals surface area contributed by atoms with Crippen LogP contribution >= 0.6 is 10.7 Å². The second-order valence-corrected chi connectivity index (χ2v) is 6.27. The van der Waals surface area contributed by atoms with E-state index in [-0.39, 0.29) is 11.1 Å². The van der Waals surface area contributed by atoms with Gasteiger partial charge in [0.1, 0.15) is 11.6 Å². The van der Waals surface area contributed by atoms with Gasteiger partial charge in [0.2, 0.25) is 9.05 Å². The Balaban J connectivity index is 3.45. The molecular weight excluding hydrogens is 255 g/mol. The maximum absolute atomic E-state index is 13.4. The molecule has 0 heterocycles. The first-order chi connectivity index (χ1) is 7.26. The maximum Gasteiger partial charge on any atom is 0.236 e. The van der Waals surface area contributed by atoms with Crippen LogP contribution in [0.1, 0.15) is 16.7 Å². The highest BCUT2D eigenvalue weighted by molar-refractivity contribution is 8.13. The van der Waals surface area contributed by atoms with Gasteiger partial charge in [0.05, 0.1) is 12.9 Å². The summed E-state index contributed by atoms with van der Waals surface area (Å²) in [7, 11) is 2.83. The van der Waals surface area contributed by atoms with E-state index >= 15 is 0 Å². The Labute approximate surface area is 98.6 Å². The predicted octanol–water partition coefficient (Wildman–Crippen LogP) is 2.52. The highest BCUT2D eigenvalue weighted by Gasteiger charge is 2.19. The third-order valence-electron chi connectivity index (χ3n) is 2.31. The highest BCUT2D eigenvalue weighted by Crippen LogP contribution is 2.30. The molecule has 1 rings (SSSR count). The number of rotatable bonds is 3. The first kappa shape index (κ1) is 13.3. The summed E-state index contributed by atoms with van der Waals surface area (Å²) >= 11 is 0. The van der Waals surface area contributed by atoms with Gasteiger partial charge >= 0.3 is 0 Å². The Hall–Kier alpha value is -0.810. The summed E-state index contributed by atoms with van der Waals surface area (Å²) in [4.78, 5) is 0. The van der Waals surface area contributed by atoms with Crippen LogP contribution in [0.15, 0.2) is 6.07 Å². The zero-order valence-corrected chi connectivity index (χ0v) is 10.7. The number of halogens is 2. The van der Waals surface area contributed by atoms with Crippen molar-refractivity contribution in [1.29, 1.82) is 0 Å². The maximum atomic E-state index is 13.4. The number of hydrogen-bond acceptors (Lipinski definition) is 3. The molecule has 0 amide bonds. The van der Waals surface area contributed by atoms with E-state index in [0.29, 0.717) is 11.3 Å². The monoisotopic (exact) mass is 266 g/mol. The second-order valence-electron chi connectivity index (χ2n) is 3.50. The minimum atomic E-state index is -3.74. The van der Waals surface area contributed by atoms with Crippen molar-refractivity contribution in [1.82, 2.24) is 0 Å². The third kappa shape index (κ3) is 2.86. The van der Waals surface area contributed by atoms with E-state index in [9.17, 15) is 12.8 Å². The molecule has 1 aromatic carbocycles. The van der Waals surface area contributed by atoms with Gasteiger partial charge in [0.25, 0.3) is 0 Å². The highest BCUT2D eigenvalue weighted by atomic mass is 35.7. The largest absolute Gasteiger partial charge is 0.496 e. The van der Waals surface area contributed by atoms with Crippen LogP contribution in [-0.4, -0.2) is 15.5 Å². The Kier molecular flexibility index (Phi) is 3.80. The standard InChI is InChI=1S/C10H12ClFO3S/c1-6-4-9(12)7(2)8(10(6)15-3)5-16(11,13)14/h4H,5H2,1-3H3. The Morgan fingerprint density at radius 3 is 2.44 bits per heavy atom. The topological polar surface area (TPSA) is 43.4 Å². The number of benzene rings is 1. The van der Waals surface area contributed by atoms with Crippen LogP contribution in [0.2, 0.25) is 0 Å². The van der Waals surface area contributed by atoms with Crippen molar-refractivity contribution in [3.63, 3.8) is 0 Å². The van der Waals surface area contributed by atoms with Crippen LogP contribution in [0.4, 0.5) is 4.39 Å². The average molecular weight is 267 g/mol. The first-order valence-electron chi connectivity index (χ1n) is 4.51. The van der Waals surface area contributed by atoms with Gasteiger partial charge < -0.3 is 4.74 Å². The number of ether oxygens (including phenoxy) is 1. The van der Waals surface area contributed by atoms with Gasteiger partial charge in [-0.3, -0.25) is 0 Å². The number of aryl methyl sites for hydroxylation is 1. The van der Waals surface area contributed by atoms with Crippen LogP contribution in [0.3, 0.4) is 0 Å². The van der Waals surface area contributed by atoms with Crippen molar-refractivity contribution in [2.24, 2.45) is 0 Å². The van der Waals surface area contributed by atoms with E-state index in [1.54, 1.807) is 6.92 Å². The quantitative estimate of drug-likeness (QED) is 0.790. The zero-order chi connectivity index (χ0) is 12.5. The molecule has 0 saturated heterocycles. The van der Waals surface area contributed by atoms with Crippen molar-refractivity contribution in [3.05, 3.63) is 28.6 Å². The molecule has 0 N–H and O–H groups in total. The van der Waals surface area contributed by atoms with E-state index in [2.05, 4.69) is 0 Å². The van der Waals surface area contributed by atoms with E-state index < -0.39 is 20.6 Å². The normalized spacial score (nSPS) is 11.6. The van der Waals surface area contributed by atoms with Crippen LogP contribution in [0.25, 0.3) is 0 Å². The molecule has 0 bridgehead atoms. The smallest absolute Gasteiger partial charge is 0.236 e. The van der Waals surface area contributed by atoms with E-state index in [4.69, 9.17) is 15.4 Å². The Morgan fingerprint density at radius 2 is 2.00 bits per heavy atom. The lowest BCUT2D eigenvalue weighted by Crippen LogP contribution is -2.04. The minimum absolute atomic E-state index is 0.242. The molecule has 0 aliphatic rings. The van der Waals surface area contributed by atoms with Gasteiger partial charge in [-0.1, -0.05) is 0 Å². The van der Waals surface area contributed by atoms with E-state index in [1.165, 1.54) is 20.1 Å². The molecular formula is C10H12ClFO3S. The van der Waals surface area contributed by atoms with Crippen molar-refractivity contribution in [2.75, 3.05) is 7.11 Å². The summed E-state index contributed by atoms with van der Waals surface area (Å²) in [6, 6.07) is 1.30. The van der Waals surface area contributed by atoms with Crippen LogP contribution < -0.4 is 4.74 Å². The summed E-state index contributed by atoms with van der Waals surface area (Å²) in [6.45, 7) is 3.14. The number of hydrogen-bond donors (Lipinski definition) is 0. The first-order valence-corrected chi connectivity index (χ1v) is 6.99. The summed E-state index contributed by atoms with van der Waals surface area (Å²) in [5, 5.41) is 0. The fourth-order valence-corrected chi connectivity index (χ4v) is 2.57. The molecule has 0 spiro atoms. The van der Waals surface area contributed by atoms with Crippen LogP contribution in [0.5, 0.6) is 5.75 Å². The van der Waals surface area contributed by atoms with Crippen molar-refractivity contribution in [2.45, 2.75) is 19.6 Å². The molecule has 0 fully saturated rings. The summed E-state index contributed by atoms with van der Waals surface area (Å²) in [6.07, 6.45) is 0. The fourth-order valence-electron chi connectivity index (χ4n) is 1.55. The summed E-state index contributed by atoms with van der Waals surface area (Å²) < 4.78 is 40.6. The van der Waals surface area contributed by atoms with Gasteiger partial charge in [-0.15, -0.1) is 0 Å². The second kappa shape index (κ2) is 4.59. The minimum Gasteiger partial charge on any atom is -0.496 e. The molecule has 0 aliphatic heterocycles. The molecule has 16 heavy (non-hydrogen) atoms. The molecule has 3 nitrogen and oxygen atoms in total. The third-order valence-corrected chi connectivity index (χ3v) is 3.27. The SMILES string of the molecule is COc1c(C)cc(F)c(C)c1CS(=O)(=O)Cl.